The highest BCUT2D eigenvalue weighted by Crippen LogP contribution is 2.08. The molecule has 0 bridgehead atoms. The number of morpholine rings is 1. The van der Waals surface area contributed by atoms with Crippen LogP contribution in [0.3, 0.4) is 0 Å². The Morgan fingerprint density at radius 2 is 1.60 bits per heavy atom. The van der Waals surface area contributed by atoms with E-state index in [0.29, 0.717) is 26.3 Å². The highest BCUT2D eigenvalue weighted by atomic mass is 16.5. The molecule has 0 aromatic heterocycles. The Kier molecular flexibility index (Phi) is 10.1. The van der Waals surface area contributed by atoms with Gasteiger partial charge in [-0.15, -0.1) is 0 Å². The average molecular weight is 482 g/mol. The van der Waals surface area contributed by atoms with Crippen LogP contribution >= 0.6 is 0 Å². The van der Waals surface area contributed by atoms with Gasteiger partial charge in [0.2, 0.25) is 5.91 Å². The van der Waals surface area contributed by atoms with Crippen molar-refractivity contribution < 1.29 is 28.6 Å². The van der Waals surface area contributed by atoms with Crippen LogP contribution in [0.15, 0.2) is 72.6 Å². The predicted molar refractivity (Wildman–Crippen MR) is 129 cm³/mol. The van der Waals surface area contributed by atoms with E-state index in [1.807, 2.05) is 65.6 Å². The number of amides is 2. The minimum Gasteiger partial charge on any atom is -0.461 e. The molecule has 9 nitrogen and oxygen atoms in total. The van der Waals surface area contributed by atoms with E-state index in [-0.39, 0.29) is 25.3 Å². The van der Waals surface area contributed by atoms with Crippen molar-refractivity contribution in [3.63, 3.8) is 0 Å². The monoisotopic (exact) mass is 481 g/mol. The molecule has 2 N–H and O–H groups in total. The molecule has 0 saturated carbocycles. The molecule has 1 heterocycles. The van der Waals surface area contributed by atoms with Crippen LogP contribution in [0, 0.1) is 0 Å². The molecule has 0 aliphatic carbocycles. The van der Waals surface area contributed by atoms with Crippen LogP contribution in [0.1, 0.15) is 18.1 Å². The fourth-order valence-electron chi connectivity index (χ4n) is 3.42. The first-order valence-electron chi connectivity index (χ1n) is 11.6. The van der Waals surface area contributed by atoms with Gasteiger partial charge in [-0.25, -0.2) is 9.59 Å². The third-order valence-corrected chi connectivity index (χ3v) is 5.21. The van der Waals surface area contributed by atoms with Crippen molar-refractivity contribution in [3.8, 4) is 0 Å². The number of alkyl carbamates (subject to hydrolysis) is 1. The van der Waals surface area contributed by atoms with Gasteiger partial charge in [0.25, 0.3) is 0 Å². The number of nitrogens with one attached hydrogen (secondary N) is 2. The first-order valence-corrected chi connectivity index (χ1v) is 11.6. The molecule has 186 valence electrons. The van der Waals surface area contributed by atoms with E-state index < -0.39 is 24.0 Å². The molecule has 3 rings (SSSR count). The predicted octanol–water partition coefficient (Wildman–Crippen LogP) is 2.38. The van der Waals surface area contributed by atoms with E-state index in [9.17, 15) is 14.4 Å². The lowest BCUT2D eigenvalue weighted by atomic mass is 10.1. The van der Waals surface area contributed by atoms with Gasteiger partial charge in [0, 0.05) is 25.7 Å². The SMILES string of the molecule is CCOC(=O)/C(=C\N1CCOCC1)NC(=O)C(Cc1ccccc1)NC(=O)OCc1ccccc1. The number of nitrogens with zero attached hydrogens (tertiary/aromatic N) is 1. The van der Waals surface area contributed by atoms with Crippen LogP contribution in [0.4, 0.5) is 4.79 Å². The molecule has 1 fully saturated rings. The Morgan fingerprint density at radius 1 is 0.971 bits per heavy atom. The van der Waals surface area contributed by atoms with Crippen molar-refractivity contribution in [2.75, 3.05) is 32.9 Å². The molecule has 1 unspecified atom stereocenters. The van der Waals surface area contributed by atoms with Gasteiger partial charge in [-0.3, -0.25) is 4.79 Å². The van der Waals surface area contributed by atoms with E-state index in [2.05, 4.69) is 10.6 Å². The quantitative estimate of drug-likeness (QED) is 0.396. The zero-order valence-corrected chi connectivity index (χ0v) is 19.8. The zero-order chi connectivity index (χ0) is 24.9. The number of carbonyl (C=O) groups is 3. The molecule has 1 saturated heterocycles. The number of hydrogen-bond donors (Lipinski definition) is 2. The highest BCUT2D eigenvalue weighted by Gasteiger charge is 2.26. The van der Waals surface area contributed by atoms with Crippen LogP contribution in [0.25, 0.3) is 0 Å². The Bertz CT molecular complexity index is 991. The maximum absolute atomic E-state index is 13.2. The van der Waals surface area contributed by atoms with Crippen molar-refractivity contribution in [2.24, 2.45) is 0 Å². The van der Waals surface area contributed by atoms with Gasteiger partial charge in [-0.2, -0.15) is 0 Å². The van der Waals surface area contributed by atoms with Crippen molar-refractivity contribution in [3.05, 3.63) is 83.7 Å². The summed E-state index contributed by atoms with van der Waals surface area (Å²) in [5.41, 5.74) is 1.66. The molecule has 2 aromatic rings. The summed E-state index contributed by atoms with van der Waals surface area (Å²) in [6.45, 7) is 4.11. The molecule has 1 aliphatic heterocycles. The van der Waals surface area contributed by atoms with Gasteiger partial charge < -0.3 is 29.7 Å². The van der Waals surface area contributed by atoms with E-state index in [0.717, 1.165) is 11.1 Å². The van der Waals surface area contributed by atoms with E-state index in [1.54, 1.807) is 13.1 Å². The lowest BCUT2D eigenvalue weighted by Gasteiger charge is -2.26. The second-order valence-electron chi connectivity index (χ2n) is 7.85. The number of ether oxygens (including phenoxy) is 3. The lowest BCUT2D eigenvalue weighted by molar-refractivity contribution is -0.140. The average Bonchev–Trinajstić information content (AvgIpc) is 2.88. The van der Waals surface area contributed by atoms with E-state index in [4.69, 9.17) is 14.2 Å². The van der Waals surface area contributed by atoms with Gasteiger partial charge in [0.05, 0.1) is 19.8 Å². The lowest BCUT2D eigenvalue weighted by Crippen LogP contribution is -2.49. The summed E-state index contributed by atoms with van der Waals surface area (Å²) in [5.74, 6) is -1.21. The Hall–Kier alpha value is -3.85. The molecule has 2 aromatic carbocycles. The summed E-state index contributed by atoms with van der Waals surface area (Å²) in [6, 6.07) is 17.5. The third-order valence-electron chi connectivity index (χ3n) is 5.21. The number of esters is 1. The topological polar surface area (TPSA) is 106 Å². The van der Waals surface area contributed by atoms with Crippen LogP contribution in [0.5, 0.6) is 0 Å². The number of carbonyl (C=O) groups excluding carboxylic acids is 3. The second-order valence-corrected chi connectivity index (χ2v) is 7.85. The Balaban J connectivity index is 1.72. The van der Waals surface area contributed by atoms with Gasteiger partial charge in [0.1, 0.15) is 18.3 Å². The van der Waals surface area contributed by atoms with Gasteiger partial charge in [0.15, 0.2) is 0 Å². The van der Waals surface area contributed by atoms with Crippen LogP contribution in [0.2, 0.25) is 0 Å². The van der Waals surface area contributed by atoms with Crippen molar-refractivity contribution in [1.29, 1.82) is 0 Å². The number of rotatable bonds is 10. The molecule has 9 heteroatoms. The molecule has 35 heavy (non-hydrogen) atoms. The number of hydrogen-bond acceptors (Lipinski definition) is 7. The highest BCUT2D eigenvalue weighted by molar-refractivity contribution is 5.96. The Morgan fingerprint density at radius 3 is 2.23 bits per heavy atom. The largest absolute Gasteiger partial charge is 0.461 e. The van der Waals surface area contributed by atoms with Crippen LogP contribution in [-0.2, 0) is 36.8 Å². The van der Waals surface area contributed by atoms with Gasteiger partial charge in [-0.05, 0) is 18.1 Å². The van der Waals surface area contributed by atoms with E-state index >= 15 is 0 Å². The fourth-order valence-corrected chi connectivity index (χ4v) is 3.42. The zero-order valence-electron chi connectivity index (χ0n) is 19.8. The molecule has 1 atom stereocenters. The fraction of sp³-hybridized carbons (Fsp3) is 0.346. The standard InChI is InChI=1S/C26H31N3O6/c1-2-34-25(31)23(18-29-13-15-33-16-14-29)27-24(30)22(17-20-9-5-3-6-10-20)28-26(32)35-19-21-11-7-4-8-12-21/h3-12,18,22H,2,13-17,19H2,1H3,(H,27,30)(H,28,32)/b23-18+. The molecule has 1 aliphatic rings. The van der Waals surface area contributed by atoms with Crippen molar-refractivity contribution in [2.45, 2.75) is 26.0 Å². The van der Waals surface area contributed by atoms with E-state index in [1.165, 1.54) is 0 Å². The van der Waals surface area contributed by atoms with Crippen molar-refractivity contribution in [1.82, 2.24) is 15.5 Å². The van der Waals surface area contributed by atoms with Gasteiger partial charge >= 0.3 is 12.1 Å². The second kappa shape index (κ2) is 13.8. The molecule has 0 radical (unpaired) electrons. The molecular weight excluding hydrogens is 450 g/mol. The number of benzene rings is 2. The smallest absolute Gasteiger partial charge is 0.408 e. The maximum Gasteiger partial charge on any atom is 0.408 e. The summed E-state index contributed by atoms with van der Waals surface area (Å²) in [4.78, 5) is 40.2. The summed E-state index contributed by atoms with van der Waals surface area (Å²) in [6.07, 6.45) is 1.03. The summed E-state index contributed by atoms with van der Waals surface area (Å²) < 4.78 is 15.8. The minimum absolute atomic E-state index is 0.00346. The third kappa shape index (κ3) is 8.78. The van der Waals surface area contributed by atoms with Crippen LogP contribution < -0.4 is 10.6 Å². The maximum atomic E-state index is 13.2. The van der Waals surface area contributed by atoms with Crippen molar-refractivity contribution >= 4 is 18.0 Å². The first kappa shape index (κ1) is 25.8. The molecule has 2 amide bonds. The summed E-state index contributed by atoms with van der Waals surface area (Å²) in [5, 5.41) is 5.27. The molecular formula is C26H31N3O6. The first-order chi connectivity index (χ1) is 17.0. The summed E-state index contributed by atoms with van der Waals surface area (Å²) in [7, 11) is 0. The normalized spacial score (nSPS) is 14.5. The van der Waals surface area contributed by atoms with Crippen LogP contribution in [-0.4, -0.2) is 61.8 Å². The minimum atomic E-state index is -0.983. The summed E-state index contributed by atoms with van der Waals surface area (Å²) >= 11 is 0. The molecule has 0 spiro atoms. The van der Waals surface area contributed by atoms with Gasteiger partial charge in [-0.1, -0.05) is 60.7 Å². The Labute approximate surface area is 205 Å².